The van der Waals surface area contributed by atoms with Crippen LogP contribution in [0.2, 0.25) is 5.02 Å². The number of fused-ring (bicyclic) bond motifs is 1. The molecule has 25 heavy (non-hydrogen) atoms. The number of halogens is 1. The summed E-state index contributed by atoms with van der Waals surface area (Å²) in [4.78, 5) is 32.7. The van der Waals surface area contributed by atoms with Crippen molar-refractivity contribution >= 4 is 40.1 Å². The molecule has 0 spiro atoms. The summed E-state index contributed by atoms with van der Waals surface area (Å²) in [5.74, 6) is -0.993. The van der Waals surface area contributed by atoms with Crippen molar-refractivity contribution < 1.29 is 9.59 Å². The summed E-state index contributed by atoms with van der Waals surface area (Å²) in [5.41, 5.74) is 9.30. The molecule has 0 fully saturated rings. The third-order valence-electron chi connectivity index (χ3n) is 3.83. The van der Waals surface area contributed by atoms with Crippen LogP contribution in [0.4, 0.5) is 5.69 Å². The maximum Gasteiger partial charge on any atom is 0.255 e. The fourth-order valence-electron chi connectivity index (χ4n) is 2.37. The van der Waals surface area contributed by atoms with Crippen LogP contribution in [0.1, 0.15) is 32.1 Å². The van der Waals surface area contributed by atoms with Crippen LogP contribution < -0.4 is 11.1 Å². The van der Waals surface area contributed by atoms with Gasteiger partial charge in [-0.1, -0.05) is 11.6 Å². The summed E-state index contributed by atoms with van der Waals surface area (Å²) >= 11 is 5.91. The van der Waals surface area contributed by atoms with E-state index in [9.17, 15) is 9.59 Å². The zero-order chi connectivity index (χ0) is 18.1. The van der Waals surface area contributed by atoms with E-state index >= 15 is 0 Å². The summed E-state index contributed by atoms with van der Waals surface area (Å²) in [7, 11) is 0. The molecule has 0 aliphatic heterocycles. The van der Waals surface area contributed by atoms with E-state index in [1.54, 1.807) is 24.3 Å². The van der Waals surface area contributed by atoms with Crippen molar-refractivity contribution in [1.29, 1.82) is 0 Å². The third-order valence-corrected chi connectivity index (χ3v) is 4.16. The van der Waals surface area contributed by atoms with E-state index < -0.39 is 5.91 Å². The predicted molar refractivity (Wildman–Crippen MR) is 96.9 cm³/mol. The van der Waals surface area contributed by atoms with Gasteiger partial charge >= 0.3 is 0 Å². The Morgan fingerprint density at radius 2 is 1.68 bits per heavy atom. The van der Waals surface area contributed by atoms with Crippen molar-refractivity contribution in [3.8, 4) is 0 Å². The number of anilines is 1. The van der Waals surface area contributed by atoms with Crippen LogP contribution >= 0.6 is 11.6 Å². The Morgan fingerprint density at radius 3 is 2.36 bits per heavy atom. The summed E-state index contributed by atoms with van der Waals surface area (Å²) in [6.07, 6.45) is 0. The molecule has 3 N–H and O–H groups in total. The van der Waals surface area contributed by atoms with Gasteiger partial charge in [-0.05, 0) is 50.2 Å². The molecule has 0 saturated carbocycles. The van der Waals surface area contributed by atoms with Crippen molar-refractivity contribution in [2.45, 2.75) is 13.8 Å². The average molecular weight is 355 g/mol. The van der Waals surface area contributed by atoms with Gasteiger partial charge < -0.3 is 11.1 Å². The molecule has 0 bridgehead atoms. The molecule has 126 valence electrons. The first kappa shape index (κ1) is 16.9. The SMILES string of the molecule is Cc1nc2ccc(C(=O)Nc3ccc(Cl)c(C(N)=O)c3)cc2nc1C. The highest BCUT2D eigenvalue weighted by Crippen LogP contribution is 2.21. The summed E-state index contributed by atoms with van der Waals surface area (Å²) in [6, 6.07) is 9.65. The Labute approximate surface area is 149 Å². The molecular weight excluding hydrogens is 340 g/mol. The van der Waals surface area contributed by atoms with E-state index in [1.165, 1.54) is 12.1 Å². The van der Waals surface area contributed by atoms with E-state index in [0.29, 0.717) is 16.8 Å². The minimum Gasteiger partial charge on any atom is -0.366 e. The number of amides is 2. The minimum absolute atomic E-state index is 0.148. The van der Waals surface area contributed by atoms with E-state index in [4.69, 9.17) is 17.3 Å². The van der Waals surface area contributed by atoms with Crippen LogP contribution in [0.25, 0.3) is 11.0 Å². The van der Waals surface area contributed by atoms with E-state index in [-0.39, 0.29) is 16.5 Å². The number of hydrogen-bond acceptors (Lipinski definition) is 4. The summed E-state index contributed by atoms with van der Waals surface area (Å²) in [5, 5.41) is 2.95. The highest BCUT2D eigenvalue weighted by atomic mass is 35.5. The normalized spacial score (nSPS) is 10.7. The number of nitrogens with one attached hydrogen (secondary N) is 1. The number of aryl methyl sites for hydroxylation is 2. The van der Waals surface area contributed by atoms with Gasteiger partial charge in [0.15, 0.2) is 0 Å². The number of nitrogens with two attached hydrogens (primary N) is 1. The second kappa shape index (κ2) is 6.49. The second-order valence-corrected chi connectivity index (χ2v) is 6.02. The third kappa shape index (κ3) is 3.44. The number of aromatic nitrogens is 2. The van der Waals surface area contributed by atoms with Crippen LogP contribution in [0, 0.1) is 13.8 Å². The highest BCUT2D eigenvalue weighted by Gasteiger charge is 2.12. The monoisotopic (exact) mass is 354 g/mol. The molecule has 0 aliphatic rings. The van der Waals surface area contributed by atoms with Gasteiger partial charge in [-0.15, -0.1) is 0 Å². The molecule has 1 heterocycles. The lowest BCUT2D eigenvalue weighted by atomic mass is 10.1. The second-order valence-electron chi connectivity index (χ2n) is 5.61. The van der Waals surface area contributed by atoms with Crippen molar-refractivity contribution in [1.82, 2.24) is 9.97 Å². The molecule has 2 aromatic carbocycles. The van der Waals surface area contributed by atoms with Gasteiger partial charge in [0, 0.05) is 11.3 Å². The summed E-state index contributed by atoms with van der Waals surface area (Å²) < 4.78 is 0. The van der Waals surface area contributed by atoms with Gasteiger partial charge in [0.1, 0.15) is 0 Å². The number of carbonyl (C=O) groups is 2. The first-order valence-corrected chi connectivity index (χ1v) is 7.88. The first-order chi connectivity index (χ1) is 11.8. The summed E-state index contributed by atoms with van der Waals surface area (Å²) in [6.45, 7) is 3.76. The van der Waals surface area contributed by atoms with Gasteiger partial charge in [0.25, 0.3) is 5.91 Å². The van der Waals surface area contributed by atoms with E-state index in [2.05, 4.69) is 15.3 Å². The molecule has 1 aromatic heterocycles. The lowest BCUT2D eigenvalue weighted by Crippen LogP contribution is -2.15. The van der Waals surface area contributed by atoms with E-state index in [0.717, 1.165) is 16.9 Å². The molecule has 3 rings (SSSR count). The predicted octanol–water partition coefficient (Wildman–Crippen LogP) is 3.25. The van der Waals surface area contributed by atoms with Crippen LogP contribution in [0.5, 0.6) is 0 Å². The average Bonchev–Trinajstić information content (AvgIpc) is 2.57. The number of carbonyl (C=O) groups excluding carboxylic acids is 2. The molecule has 3 aromatic rings. The van der Waals surface area contributed by atoms with Gasteiger partial charge in [-0.25, -0.2) is 9.97 Å². The van der Waals surface area contributed by atoms with Gasteiger partial charge in [0.05, 0.1) is 33.0 Å². The standard InChI is InChI=1S/C18H15ClN4O2/c1-9-10(2)22-16-7-11(3-6-15(16)21-9)18(25)23-12-4-5-14(19)13(8-12)17(20)24/h3-8H,1-2H3,(H2,20,24)(H,23,25). The lowest BCUT2D eigenvalue weighted by Gasteiger charge is -2.09. The fraction of sp³-hybridized carbons (Fsp3) is 0.111. The molecule has 2 amide bonds. The Hall–Kier alpha value is -2.99. The van der Waals surface area contributed by atoms with Crippen LogP contribution in [-0.2, 0) is 0 Å². The van der Waals surface area contributed by atoms with Crippen LogP contribution in [0.3, 0.4) is 0 Å². The molecule has 6 nitrogen and oxygen atoms in total. The molecule has 0 radical (unpaired) electrons. The number of nitrogens with zero attached hydrogens (tertiary/aromatic N) is 2. The highest BCUT2D eigenvalue weighted by molar-refractivity contribution is 6.34. The topological polar surface area (TPSA) is 98.0 Å². The van der Waals surface area contributed by atoms with Crippen molar-refractivity contribution in [2.24, 2.45) is 5.73 Å². The van der Waals surface area contributed by atoms with Crippen molar-refractivity contribution in [2.75, 3.05) is 5.32 Å². The smallest absolute Gasteiger partial charge is 0.255 e. The Morgan fingerprint density at radius 1 is 1.00 bits per heavy atom. The zero-order valence-electron chi connectivity index (χ0n) is 13.6. The minimum atomic E-state index is -0.659. The van der Waals surface area contributed by atoms with Crippen molar-refractivity contribution in [3.63, 3.8) is 0 Å². The fourth-order valence-corrected chi connectivity index (χ4v) is 2.58. The quantitative estimate of drug-likeness (QED) is 0.754. The zero-order valence-corrected chi connectivity index (χ0v) is 14.4. The molecule has 7 heteroatoms. The number of hydrogen-bond donors (Lipinski definition) is 2. The Balaban J connectivity index is 1.91. The van der Waals surface area contributed by atoms with E-state index in [1.807, 2.05) is 13.8 Å². The molecule has 0 atom stereocenters. The lowest BCUT2D eigenvalue weighted by molar-refractivity contribution is 0.0996. The number of primary amides is 1. The van der Waals surface area contributed by atoms with Crippen LogP contribution in [0.15, 0.2) is 36.4 Å². The largest absolute Gasteiger partial charge is 0.366 e. The van der Waals surface area contributed by atoms with Gasteiger partial charge in [0.2, 0.25) is 5.91 Å². The Bertz CT molecular complexity index is 1020. The molecule has 0 unspecified atom stereocenters. The molecule has 0 aliphatic carbocycles. The van der Waals surface area contributed by atoms with Gasteiger partial charge in [-0.3, -0.25) is 9.59 Å². The van der Waals surface area contributed by atoms with Gasteiger partial charge in [-0.2, -0.15) is 0 Å². The number of rotatable bonds is 3. The maximum absolute atomic E-state index is 12.5. The molecule has 0 saturated heterocycles. The maximum atomic E-state index is 12.5. The first-order valence-electron chi connectivity index (χ1n) is 7.51. The number of benzene rings is 2. The molecular formula is C18H15ClN4O2. The van der Waals surface area contributed by atoms with Crippen LogP contribution in [-0.4, -0.2) is 21.8 Å². The Kier molecular flexibility index (Phi) is 4.37. The van der Waals surface area contributed by atoms with Crippen molar-refractivity contribution in [3.05, 3.63) is 63.9 Å².